The molecule has 0 radical (unpaired) electrons. The Hall–Kier alpha value is -1.90. The Bertz CT molecular complexity index is 1010. The van der Waals surface area contributed by atoms with E-state index in [1.54, 1.807) is 0 Å². The molecule has 0 unspecified atom stereocenters. The summed E-state index contributed by atoms with van der Waals surface area (Å²) in [4.78, 5) is 32.6. The van der Waals surface area contributed by atoms with E-state index in [1.807, 2.05) is 37.8 Å². The zero-order valence-corrected chi connectivity index (χ0v) is 19.6. The molecule has 1 fully saturated rings. The molecule has 8 heteroatoms. The molecule has 4 rings (SSSR count). The first-order valence-corrected chi connectivity index (χ1v) is 12.3. The van der Waals surface area contributed by atoms with Crippen molar-refractivity contribution in [2.24, 2.45) is 5.92 Å². The average Bonchev–Trinajstić information content (AvgIpc) is 3.39. The number of rotatable bonds is 6. The Balaban J connectivity index is 1.79. The van der Waals surface area contributed by atoms with Crippen LogP contribution >= 0.6 is 11.3 Å². The van der Waals surface area contributed by atoms with Crippen molar-refractivity contribution in [1.82, 2.24) is 9.88 Å². The fourth-order valence-electron chi connectivity index (χ4n) is 4.01. The second-order valence-corrected chi connectivity index (χ2v) is 11.5. The first-order valence-electron chi connectivity index (χ1n) is 10.3. The number of aryl methyl sites for hydroxylation is 1. The molecule has 0 spiro atoms. The zero-order valence-electron chi connectivity index (χ0n) is 17.9. The Morgan fingerprint density at radius 2 is 2.03 bits per heavy atom. The van der Waals surface area contributed by atoms with Crippen LogP contribution in [0.2, 0.25) is 0 Å². The molecule has 2 amide bonds. The highest BCUT2D eigenvalue weighted by molar-refractivity contribution is 7.92. The summed E-state index contributed by atoms with van der Waals surface area (Å²) in [5.41, 5.74) is 3.25. The summed E-state index contributed by atoms with van der Waals surface area (Å²) >= 11 is 0.111. The van der Waals surface area contributed by atoms with Crippen LogP contribution in [0.25, 0.3) is 10.4 Å². The Morgan fingerprint density at radius 3 is 2.63 bits per heavy atom. The molecule has 1 aliphatic carbocycles. The number of fused-ring (bicyclic) bond motifs is 1. The standard InChI is InChI=1S/C22H27N3O3S2/c1-11(2)30(28)18-9-16(20-12(3)23-22(29-20)24-14(5)26)8-17-10-25(21(27)19(17)18)13(4)15-6-7-15/h8-9,11,13,15H,6-7,10H2,1-5H3,(H,23,24,26)/t13-,30-/m0/s1. The summed E-state index contributed by atoms with van der Waals surface area (Å²) < 4.78 is 13.2. The third kappa shape index (κ3) is 3.88. The number of hydrogen-bond donors (Lipinski definition) is 1. The number of thiazole rings is 1. The molecule has 2 aromatic rings. The lowest BCUT2D eigenvalue weighted by molar-refractivity contribution is -0.114. The molecule has 30 heavy (non-hydrogen) atoms. The van der Waals surface area contributed by atoms with Gasteiger partial charge in [0.15, 0.2) is 10.0 Å². The van der Waals surface area contributed by atoms with Crippen molar-refractivity contribution in [3.63, 3.8) is 0 Å². The molecule has 1 N–H and O–H groups in total. The third-order valence-corrected chi connectivity index (χ3v) is 8.52. The molecule has 1 saturated carbocycles. The first kappa shape index (κ1) is 21.3. The van der Waals surface area contributed by atoms with Gasteiger partial charge >= 0.3 is 0 Å². The lowest BCUT2D eigenvalue weighted by Gasteiger charge is -2.24. The molecule has 6 nitrogen and oxygen atoms in total. The van der Waals surface area contributed by atoms with Gasteiger partial charge in [0.1, 0.15) is 5.25 Å². The van der Waals surface area contributed by atoms with Crippen molar-refractivity contribution in [2.75, 3.05) is 5.32 Å². The van der Waals surface area contributed by atoms with E-state index < -0.39 is 11.2 Å². The first-order chi connectivity index (χ1) is 14.2. The van der Waals surface area contributed by atoms with Gasteiger partial charge in [0.25, 0.3) is 5.91 Å². The van der Waals surface area contributed by atoms with Crippen LogP contribution in [0.3, 0.4) is 0 Å². The lowest BCUT2D eigenvalue weighted by Crippen LogP contribution is -2.35. The molecule has 0 saturated heterocycles. The maximum atomic E-state index is 13.3. The van der Waals surface area contributed by atoms with Gasteiger partial charge in [-0.2, -0.15) is 0 Å². The lowest BCUT2D eigenvalue weighted by atomic mass is 10.0. The minimum atomic E-state index is -1.29. The summed E-state index contributed by atoms with van der Waals surface area (Å²) in [5, 5.41) is 3.19. The predicted octanol–water partition coefficient (Wildman–Crippen LogP) is 4.35. The largest absolute Gasteiger partial charge is 0.611 e. The van der Waals surface area contributed by atoms with Crippen LogP contribution in [0.15, 0.2) is 17.0 Å². The number of amides is 2. The van der Waals surface area contributed by atoms with Crippen molar-refractivity contribution in [1.29, 1.82) is 0 Å². The number of hydrogen-bond acceptors (Lipinski definition) is 5. The zero-order chi connectivity index (χ0) is 21.7. The average molecular weight is 446 g/mol. The minimum Gasteiger partial charge on any atom is -0.611 e. The van der Waals surface area contributed by atoms with Gasteiger partial charge in [-0.15, -0.1) is 0 Å². The molecule has 160 valence electrons. The van der Waals surface area contributed by atoms with E-state index in [0.717, 1.165) is 21.7 Å². The summed E-state index contributed by atoms with van der Waals surface area (Å²) in [6.07, 6.45) is 2.34. The smallest absolute Gasteiger partial charge is 0.259 e. The summed E-state index contributed by atoms with van der Waals surface area (Å²) in [6.45, 7) is 9.85. The van der Waals surface area contributed by atoms with Gasteiger partial charge in [0, 0.05) is 25.6 Å². The molecule has 1 aromatic carbocycles. The van der Waals surface area contributed by atoms with Crippen LogP contribution in [-0.4, -0.2) is 37.5 Å². The van der Waals surface area contributed by atoms with Crippen molar-refractivity contribution < 1.29 is 14.1 Å². The van der Waals surface area contributed by atoms with Crippen molar-refractivity contribution in [2.45, 2.75) is 70.2 Å². The Labute approximate surface area is 184 Å². The highest BCUT2D eigenvalue weighted by Gasteiger charge is 2.42. The molecule has 1 aromatic heterocycles. The number of aromatic nitrogens is 1. The second-order valence-electron chi connectivity index (χ2n) is 8.48. The second kappa shape index (κ2) is 7.98. The van der Waals surface area contributed by atoms with E-state index in [2.05, 4.69) is 17.2 Å². The molecule has 2 atom stereocenters. The number of carbonyl (C=O) groups excluding carboxylic acids is 2. The fraction of sp³-hybridized carbons (Fsp3) is 0.500. The fourth-order valence-corrected chi connectivity index (χ4v) is 6.18. The van der Waals surface area contributed by atoms with Crippen LogP contribution in [0, 0.1) is 12.8 Å². The number of nitrogens with one attached hydrogen (secondary N) is 1. The van der Waals surface area contributed by atoms with Crippen molar-refractivity contribution in [3.05, 3.63) is 29.0 Å². The van der Waals surface area contributed by atoms with Gasteiger partial charge in [-0.3, -0.25) is 9.59 Å². The van der Waals surface area contributed by atoms with Crippen molar-refractivity contribution in [3.8, 4) is 10.4 Å². The number of carbonyl (C=O) groups is 2. The third-order valence-electron chi connectivity index (χ3n) is 5.78. The van der Waals surface area contributed by atoms with E-state index in [4.69, 9.17) is 0 Å². The predicted molar refractivity (Wildman–Crippen MR) is 120 cm³/mol. The molecule has 2 aliphatic rings. The van der Waals surface area contributed by atoms with Crippen LogP contribution < -0.4 is 5.32 Å². The Morgan fingerprint density at radius 1 is 1.33 bits per heavy atom. The molecular weight excluding hydrogens is 418 g/mol. The quantitative estimate of drug-likeness (QED) is 0.670. The highest BCUT2D eigenvalue weighted by atomic mass is 32.2. The maximum absolute atomic E-state index is 13.3. The van der Waals surface area contributed by atoms with Gasteiger partial charge in [-0.1, -0.05) is 11.3 Å². The van der Waals surface area contributed by atoms with Crippen LogP contribution in [0.1, 0.15) is 62.2 Å². The molecule has 0 bridgehead atoms. The van der Waals surface area contributed by atoms with Gasteiger partial charge in [-0.05, 0) is 74.8 Å². The highest BCUT2D eigenvalue weighted by Crippen LogP contribution is 2.42. The van der Waals surface area contributed by atoms with Crippen LogP contribution in [0.5, 0.6) is 0 Å². The van der Waals surface area contributed by atoms with Gasteiger partial charge in [-0.25, -0.2) is 4.98 Å². The van der Waals surface area contributed by atoms with E-state index in [9.17, 15) is 14.1 Å². The SMILES string of the molecule is CC(=O)Nc1nc(C)c(-c2cc3c(c([S@@+]([O-])C(C)C)c2)C(=O)N([C@@H](C)C2CC2)C3)s1. The monoisotopic (exact) mass is 445 g/mol. The topological polar surface area (TPSA) is 85.4 Å². The van der Waals surface area contributed by atoms with Crippen LogP contribution in [0.4, 0.5) is 5.13 Å². The van der Waals surface area contributed by atoms with Gasteiger partial charge in [0.2, 0.25) is 5.91 Å². The van der Waals surface area contributed by atoms with E-state index >= 15 is 0 Å². The van der Waals surface area contributed by atoms with E-state index in [1.165, 1.54) is 31.1 Å². The van der Waals surface area contributed by atoms with Gasteiger partial charge in [0.05, 0.1) is 16.1 Å². The Kier molecular flexibility index (Phi) is 5.67. The molecular formula is C22H27N3O3S2. The number of anilines is 1. The summed E-state index contributed by atoms with van der Waals surface area (Å²) in [5.74, 6) is 0.409. The van der Waals surface area contributed by atoms with Crippen LogP contribution in [-0.2, 0) is 22.5 Å². The summed E-state index contributed by atoms with van der Waals surface area (Å²) in [7, 11) is 0. The van der Waals surface area contributed by atoms with E-state index in [-0.39, 0.29) is 23.1 Å². The normalized spacial score (nSPS) is 18.0. The molecule has 2 heterocycles. The van der Waals surface area contributed by atoms with E-state index in [0.29, 0.717) is 28.1 Å². The maximum Gasteiger partial charge on any atom is 0.259 e. The number of benzene rings is 1. The van der Waals surface area contributed by atoms with Gasteiger partial charge < -0.3 is 14.8 Å². The number of nitrogens with zero attached hydrogens (tertiary/aromatic N) is 2. The molecule has 1 aliphatic heterocycles. The summed E-state index contributed by atoms with van der Waals surface area (Å²) in [6, 6.07) is 4.12. The van der Waals surface area contributed by atoms with Crippen molar-refractivity contribution >= 4 is 39.5 Å². The minimum absolute atomic E-state index is 0.0000816.